The topological polar surface area (TPSA) is 43.9 Å². The summed E-state index contributed by atoms with van der Waals surface area (Å²) in [7, 11) is 1.91. The number of carbonyl (C=O) groups is 2. The summed E-state index contributed by atoms with van der Waals surface area (Å²) in [5.41, 5.74) is 0.751. The Morgan fingerprint density at radius 2 is 1.89 bits per heavy atom. The quantitative estimate of drug-likeness (QED) is 0.797. The van der Waals surface area contributed by atoms with Crippen molar-refractivity contribution in [2.45, 2.75) is 45.7 Å². The first-order valence-electron chi connectivity index (χ1n) is 9.74. The van der Waals surface area contributed by atoms with Gasteiger partial charge in [-0.3, -0.25) is 9.59 Å². The van der Waals surface area contributed by atoms with Crippen LogP contribution in [0.4, 0.5) is 5.69 Å². The van der Waals surface area contributed by atoms with Crippen LogP contribution in [0.2, 0.25) is 0 Å². The van der Waals surface area contributed by atoms with E-state index < -0.39 is 5.41 Å². The molecular formula is C21H31N3O2S. The van der Waals surface area contributed by atoms with Crippen LogP contribution < -0.4 is 4.90 Å². The minimum Gasteiger partial charge on any atom is -0.369 e. The lowest BCUT2D eigenvalue weighted by Gasteiger charge is -2.40. The fourth-order valence-corrected chi connectivity index (χ4v) is 4.98. The van der Waals surface area contributed by atoms with Crippen LogP contribution >= 0.6 is 11.8 Å². The lowest BCUT2D eigenvalue weighted by atomic mass is 9.94. The largest absolute Gasteiger partial charge is 0.369 e. The van der Waals surface area contributed by atoms with Gasteiger partial charge < -0.3 is 14.7 Å². The Morgan fingerprint density at radius 3 is 2.56 bits per heavy atom. The fraction of sp³-hybridized carbons (Fsp3) is 0.619. The van der Waals surface area contributed by atoms with Crippen molar-refractivity contribution in [3.05, 3.63) is 30.3 Å². The van der Waals surface area contributed by atoms with Gasteiger partial charge in [0.05, 0.1) is 5.88 Å². The molecule has 0 aliphatic carbocycles. The first-order chi connectivity index (χ1) is 12.8. The third kappa shape index (κ3) is 4.42. The molecule has 0 aromatic heterocycles. The van der Waals surface area contributed by atoms with Gasteiger partial charge in [0.1, 0.15) is 6.04 Å². The van der Waals surface area contributed by atoms with E-state index in [0.717, 1.165) is 25.9 Å². The number of thioether (sulfide) groups is 1. The normalized spacial score (nSPS) is 23.4. The molecule has 0 saturated carbocycles. The fourth-order valence-electron chi connectivity index (χ4n) is 3.84. The minimum atomic E-state index is -0.461. The van der Waals surface area contributed by atoms with Gasteiger partial charge in [-0.05, 0) is 25.0 Å². The minimum absolute atomic E-state index is 0.0637. The zero-order chi connectivity index (χ0) is 19.6. The molecule has 148 valence electrons. The molecule has 27 heavy (non-hydrogen) atoms. The molecule has 3 rings (SSSR count). The zero-order valence-corrected chi connectivity index (χ0v) is 17.7. The van der Waals surface area contributed by atoms with Gasteiger partial charge in [-0.15, -0.1) is 11.8 Å². The number of nitrogens with zero attached hydrogens (tertiary/aromatic N) is 3. The lowest BCUT2D eigenvalue weighted by Crippen LogP contribution is -2.55. The molecule has 2 fully saturated rings. The number of carbonyl (C=O) groups excluding carboxylic acids is 2. The molecule has 1 aromatic rings. The van der Waals surface area contributed by atoms with E-state index in [2.05, 4.69) is 29.2 Å². The number of rotatable bonds is 3. The number of hydrogen-bond acceptors (Lipinski definition) is 4. The Hall–Kier alpha value is -1.69. The van der Waals surface area contributed by atoms with Crippen molar-refractivity contribution in [2.24, 2.45) is 5.41 Å². The van der Waals surface area contributed by atoms with Gasteiger partial charge in [0.25, 0.3) is 0 Å². The summed E-state index contributed by atoms with van der Waals surface area (Å²) in [5.74, 6) is 1.45. The number of piperidine rings is 1. The summed E-state index contributed by atoms with van der Waals surface area (Å²) in [6.07, 6.45) is 2.08. The molecule has 2 atom stereocenters. The number of amides is 2. The molecule has 2 aliphatic rings. The van der Waals surface area contributed by atoms with Crippen molar-refractivity contribution >= 4 is 29.3 Å². The second-order valence-electron chi connectivity index (χ2n) is 8.57. The Balaban J connectivity index is 1.68. The van der Waals surface area contributed by atoms with Crippen LogP contribution in [-0.4, -0.2) is 65.5 Å². The van der Waals surface area contributed by atoms with Gasteiger partial charge in [-0.2, -0.15) is 0 Å². The molecule has 2 saturated heterocycles. The highest BCUT2D eigenvalue weighted by molar-refractivity contribution is 7.99. The van der Waals surface area contributed by atoms with E-state index in [0.29, 0.717) is 11.6 Å². The Labute approximate surface area is 167 Å². The van der Waals surface area contributed by atoms with Crippen LogP contribution in [0.5, 0.6) is 0 Å². The number of anilines is 1. The number of likely N-dealkylation sites (N-methyl/N-ethyl adjacent to an activating group) is 1. The average molecular weight is 390 g/mol. The highest BCUT2D eigenvalue weighted by Gasteiger charge is 2.41. The van der Waals surface area contributed by atoms with Crippen molar-refractivity contribution in [1.82, 2.24) is 9.80 Å². The Morgan fingerprint density at radius 1 is 1.19 bits per heavy atom. The molecule has 2 amide bonds. The maximum Gasteiger partial charge on any atom is 0.246 e. The third-order valence-corrected chi connectivity index (χ3v) is 6.50. The summed E-state index contributed by atoms with van der Waals surface area (Å²) in [5, 5.41) is 0. The van der Waals surface area contributed by atoms with E-state index in [9.17, 15) is 9.59 Å². The Bertz CT molecular complexity index is 674. The number of benzene rings is 1. The van der Waals surface area contributed by atoms with Crippen LogP contribution in [-0.2, 0) is 9.59 Å². The molecule has 0 bridgehead atoms. The van der Waals surface area contributed by atoms with Crippen LogP contribution in [0.15, 0.2) is 30.3 Å². The molecule has 0 radical (unpaired) electrons. The summed E-state index contributed by atoms with van der Waals surface area (Å²) in [6.45, 7) is 7.63. The second-order valence-corrected chi connectivity index (χ2v) is 9.57. The van der Waals surface area contributed by atoms with E-state index in [1.54, 1.807) is 16.7 Å². The van der Waals surface area contributed by atoms with Crippen molar-refractivity contribution in [2.75, 3.05) is 36.7 Å². The van der Waals surface area contributed by atoms with E-state index in [1.165, 1.54) is 5.69 Å². The lowest BCUT2D eigenvalue weighted by molar-refractivity contribution is -0.148. The molecular weight excluding hydrogens is 358 g/mol. The maximum atomic E-state index is 13.2. The molecule has 2 heterocycles. The van der Waals surface area contributed by atoms with Crippen molar-refractivity contribution in [3.63, 3.8) is 0 Å². The van der Waals surface area contributed by atoms with E-state index in [-0.39, 0.29) is 23.9 Å². The summed E-state index contributed by atoms with van der Waals surface area (Å²) < 4.78 is 0. The molecule has 2 aliphatic heterocycles. The molecule has 0 N–H and O–H groups in total. The van der Waals surface area contributed by atoms with Gasteiger partial charge >= 0.3 is 0 Å². The SMILES string of the molecule is CN(C(=O)C1CSCN1C(=O)C(C)(C)C)C1CCCN(c2ccccc2)C1. The summed E-state index contributed by atoms with van der Waals surface area (Å²) in [4.78, 5) is 32.0. The number of hydrogen-bond donors (Lipinski definition) is 0. The van der Waals surface area contributed by atoms with E-state index >= 15 is 0 Å². The van der Waals surface area contributed by atoms with Crippen LogP contribution in [0, 0.1) is 5.41 Å². The zero-order valence-electron chi connectivity index (χ0n) is 16.9. The van der Waals surface area contributed by atoms with Gasteiger partial charge in [0.2, 0.25) is 11.8 Å². The highest BCUT2D eigenvalue weighted by Crippen LogP contribution is 2.29. The smallest absolute Gasteiger partial charge is 0.246 e. The molecule has 5 nitrogen and oxygen atoms in total. The molecule has 0 spiro atoms. The average Bonchev–Trinajstić information content (AvgIpc) is 3.15. The standard InChI is InChI=1S/C21H31N3O2S/c1-21(2,3)20(26)24-15-27-14-18(24)19(25)22(4)17-11-8-12-23(13-17)16-9-6-5-7-10-16/h5-7,9-10,17-18H,8,11-15H2,1-4H3. The summed E-state index contributed by atoms with van der Waals surface area (Å²) >= 11 is 1.67. The molecule has 1 aromatic carbocycles. The van der Waals surface area contributed by atoms with E-state index in [1.807, 2.05) is 38.8 Å². The third-order valence-electron chi connectivity index (χ3n) is 5.48. The monoisotopic (exact) mass is 389 g/mol. The predicted molar refractivity (Wildman–Crippen MR) is 112 cm³/mol. The van der Waals surface area contributed by atoms with Crippen LogP contribution in [0.1, 0.15) is 33.6 Å². The highest BCUT2D eigenvalue weighted by atomic mass is 32.2. The first kappa shape index (κ1) is 20.1. The predicted octanol–water partition coefficient (Wildman–Crippen LogP) is 3.06. The molecule has 6 heteroatoms. The van der Waals surface area contributed by atoms with Crippen molar-refractivity contribution in [3.8, 4) is 0 Å². The van der Waals surface area contributed by atoms with Gasteiger partial charge in [-0.25, -0.2) is 0 Å². The van der Waals surface area contributed by atoms with Gasteiger partial charge in [-0.1, -0.05) is 39.0 Å². The van der Waals surface area contributed by atoms with Gasteiger partial charge in [0, 0.05) is 43.0 Å². The van der Waals surface area contributed by atoms with Crippen molar-refractivity contribution < 1.29 is 9.59 Å². The van der Waals surface area contributed by atoms with Crippen LogP contribution in [0.25, 0.3) is 0 Å². The number of para-hydroxylation sites is 1. The first-order valence-corrected chi connectivity index (χ1v) is 10.9. The molecule has 2 unspecified atom stereocenters. The second kappa shape index (κ2) is 8.13. The maximum absolute atomic E-state index is 13.2. The van der Waals surface area contributed by atoms with Crippen molar-refractivity contribution in [1.29, 1.82) is 0 Å². The Kier molecular flexibility index (Phi) is 6.04. The van der Waals surface area contributed by atoms with Gasteiger partial charge in [0.15, 0.2) is 0 Å². The van der Waals surface area contributed by atoms with Crippen LogP contribution in [0.3, 0.4) is 0 Å². The van der Waals surface area contributed by atoms with E-state index in [4.69, 9.17) is 0 Å². The summed E-state index contributed by atoms with van der Waals surface area (Å²) in [6, 6.07) is 10.2.